The van der Waals surface area contributed by atoms with Crippen molar-refractivity contribution in [3.8, 4) is 0 Å². The molecule has 0 saturated carbocycles. The van der Waals surface area contributed by atoms with Crippen LogP contribution >= 0.6 is 0 Å². The van der Waals surface area contributed by atoms with Crippen LogP contribution in [0.4, 0.5) is 25.8 Å². The Morgan fingerprint density at radius 1 is 1.13 bits per heavy atom. The monoisotopic (exact) mass is 418 g/mol. The highest BCUT2D eigenvalue weighted by Gasteiger charge is 2.27. The summed E-state index contributed by atoms with van der Waals surface area (Å²) in [6.45, 7) is 1.48. The van der Waals surface area contributed by atoms with Gasteiger partial charge in [-0.25, -0.2) is 8.78 Å². The highest BCUT2D eigenvalue weighted by Crippen LogP contribution is 2.34. The first-order valence-electron chi connectivity index (χ1n) is 10.1. The molecule has 1 fully saturated rings. The maximum absolute atomic E-state index is 14.9. The van der Waals surface area contributed by atoms with E-state index in [1.807, 2.05) is 23.1 Å². The average molecular weight is 418 g/mol. The highest BCUT2D eigenvalue weighted by molar-refractivity contribution is 6.31. The van der Waals surface area contributed by atoms with Gasteiger partial charge in [0.25, 0.3) is 5.91 Å². The first-order valence-corrected chi connectivity index (χ1v) is 10.1. The molecule has 3 aromatic rings. The summed E-state index contributed by atoms with van der Waals surface area (Å²) >= 11 is 0. The van der Waals surface area contributed by atoms with Crippen molar-refractivity contribution in [2.24, 2.45) is 0 Å². The minimum absolute atomic E-state index is 0.282. The molecule has 1 unspecified atom stereocenters. The number of aromatic nitrogens is 1. The molecule has 1 amide bonds. The van der Waals surface area contributed by atoms with E-state index < -0.39 is 5.82 Å². The SMILES string of the molecule is O=C1Nc2ccc(F)cc2C1=CNc1ccc(N2CCC(c3ccccn3)C2)c(F)c1. The van der Waals surface area contributed by atoms with Gasteiger partial charge in [-0.3, -0.25) is 9.78 Å². The standard InChI is InChI=1S/C24H20F2N4O/c25-16-4-6-22-18(11-16)19(24(31)29-22)13-28-17-5-7-23(20(26)12-17)30-10-8-15(14-30)21-3-1-2-9-27-21/h1-7,9,11-13,15,28H,8,10,14H2,(H,29,31). The second-order valence-corrected chi connectivity index (χ2v) is 7.70. The van der Waals surface area contributed by atoms with Crippen LogP contribution in [0.3, 0.4) is 0 Å². The number of nitrogens with zero attached hydrogens (tertiary/aromatic N) is 2. The molecule has 31 heavy (non-hydrogen) atoms. The van der Waals surface area contributed by atoms with Gasteiger partial charge in [0.05, 0.1) is 11.3 Å². The van der Waals surface area contributed by atoms with E-state index in [1.54, 1.807) is 18.3 Å². The number of nitrogens with one attached hydrogen (secondary N) is 2. The summed E-state index contributed by atoms with van der Waals surface area (Å²) in [6.07, 6.45) is 4.18. The average Bonchev–Trinajstić information content (AvgIpc) is 3.37. The van der Waals surface area contributed by atoms with Crippen molar-refractivity contribution in [1.29, 1.82) is 0 Å². The second-order valence-electron chi connectivity index (χ2n) is 7.70. The smallest absolute Gasteiger partial charge is 0.257 e. The Morgan fingerprint density at radius 3 is 2.84 bits per heavy atom. The van der Waals surface area contributed by atoms with Gasteiger partial charge in [0, 0.05) is 54.0 Å². The molecule has 0 bridgehead atoms. The van der Waals surface area contributed by atoms with E-state index in [4.69, 9.17) is 0 Å². The van der Waals surface area contributed by atoms with Gasteiger partial charge in [0.2, 0.25) is 0 Å². The molecule has 2 aromatic carbocycles. The number of pyridine rings is 1. The Bertz CT molecular complexity index is 1180. The van der Waals surface area contributed by atoms with Crippen LogP contribution in [0.25, 0.3) is 5.57 Å². The van der Waals surface area contributed by atoms with E-state index in [2.05, 4.69) is 15.6 Å². The van der Waals surface area contributed by atoms with Crippen LogP contribution in [0.2, 0.25) is 0 Å². The minimum atomic E-state index is -0.425. The molecular weight excluding hydrogens is 398 g/mol. The predicted molar refractivity (Wildman–Crippen MR) is 117 cm³/mol. The number of carbonyl (C=O) groups is 1. The van der Waals surface area contributed by atoms with E-state index in [1.165, 1.54) is 30.5 Å². The largest absolute Gasteiger partial charge is 0.368 e. The van der Waals surface area contributed by atoms with Crippen molar-refractivity contribution >= 4 is 28.5 Å². The van der Waals surface area contributed by atoms with E-state index in [0.29, 0.717) is 34.7 Å². The summed E-state index contributed by atoms with van der Waals surface area (Å²) in [6, 6.07) is 14.9. The fraction of sp³-hybridized carbons (Fsp3) is 0.167. The van der Waals surface area contributed by atoms with Crippen LogP contribution in [0.15, 0.2) is 67.0 Å². The molecule has 7 heteroatoms. The van der Waals surface area contributed by atoms with Crippen LogP contribution < -0.4 is 15.5 Å². The van der Waals surface area contributed by atoms with Gasteiger partial charge >= 0.3 is 0 Å². The predicted octanol–water partition coefficient (Wildman–Crippen LogP) is 4.76. The third-order valence-corrected chi connectivity index (χ3v) is 5.73. The summed E-state index contributed by atoms with van der Waals surface area (Å²) < 4.78 is 28.4. The molecule has 3 heterocycles. The number of carbonyl (C=O) groups excluding carboxylic acids is 1. The minimum Gasteiger partial charge on any atom is -0.368 e. The molecule has 1 aromatic heterocycles. The van der Waals surface area contributed by atoms with Crippen LogP contribution in [0.5, 0.6) is 0 Å². The molecule has 0 aliphatic carbocycles. The van der Waals surface area contributed by atoms with Crippen molar-refractivity contribution in [3.63, 3.8) is 0 Å². The first kappa shape index (κ1) is 19.2. The zero-order chi connectivity index (χ0) is 21.4. The topological polar surface area (TPSA) is 57.3 Å². The maximum Gasteiger partial charge on any atom is 0.257 e. The molecule has 2 aliphatic rings. The van der Waals surface area contributed by atoms with E-state index in [0.717, 1.165) is 18.7 Å². The molecule has 5 rings (SSSR count). The van der Waals surface area contributed by atoms with Crippen molar-refractivity contribution in [2.75, 3.05) is 28.6 Å². The Labute approximate surface area is 178 Å². The molecule has 0 radical (unpaired) electrons. The van der Waals surface area contributed by atoms with Crippen molar-refractivity contribution in [1.82, 2.24) is 4.98 Å². The van der Waals surface area contributed by atoms with Gasteiger partial charge in [-0.15, -0.1) is 0 Å². The van der Waals surface area contributed by atoms with Gasteiger partial charge in [-0.2, -0.15) is 0 Å². The van der Waals surface area contributed by atoms with Gasteiger partial charge < -0.3 is 15.5 Å². The first-order chi connectivity index (χ1) is 15.1. The zero-order valence-corrected chi connectivity index (χ0v) is 16.6. The lowest BCUT2D eigenvalue weighted by Gasteiger charge is -2.20. The van der Waals surface area contributed by atoms with Gasteiger partial charge in [-0.05, 0) is 55.0 Å². The van der Waals surface area contributed by atoms with E-state index >= 15 is 0 Å². The Hall–Kier alpha value is -3.74. The third-order valence-electron chi connectivity index (χ3n) is 5.73. The third kappa shape index (κ3) is 3.74. The van der Waals surface area contributed by atoms with Crippen LogP contribution in [-0.4, -0.2) is 24.0 Å². The molecule has 156 valence electrons. The lowest BCUT2D eigenvalue weighted by Crippen LogP contribution is -2.20. The van der Waals surface area contributed by atoms with Crippen LogP contribution in [0.1, 0.15) is 23.6 Å². The summed E-state index contributed by atoms with van der Waals surface area (Å²) in [4.78, 5) is 18.6. The van der Waals surface area contributed by atoms with Gasteiger partial charge in [-0.1, -0.05) is 6.07 Å². The summed E-state index contributed by atoms with van der Waals surface area (Å²) in [5, 5.41) is 5.64. The number of hydrogen-bond acceptors (Lipinski definition) is 4. The molecule has 1 saturated heterocycles. The number of anilines is 3. The Morgan fingerprint density at radius 2 is 2.03 bits per heavy atom. The molecule has 2 aliphatic heterocycles. The summed E-state index contributed by atoms with van der Waals surface area (Å²) in [5.74, 6) is -0.814. The molecule has 1 atom stereocenters. The fourth-order valence-electron chi connectivity index (χ4n) is 4.15. The second kappa shape index (κ2) is 7.83. The Kier molecular flexibility index (Phi) is 4.86. The van der Waals surface area contributed by atoms with E-state index in [-0.39, 0.29) is 17.6 Å². The lowest BCUT2D eigenvalue weighted by molar-refractivity contribution is -0.110. The highest BCUT2D eigenvalue weighted by atomic mass is 19.1. The van der Waals surface area contributed by atoms with Gasteiger partial charge in [0.1, 0.15) is 11.6 Å². The van der Waals surface area contributed by atoms with Crippen LogP contribution in [-0.2, 0) is 4.79 Å². The van der Waals surface area contributed by atoms with Gasteiger partial charge in [0.15, 0.2) is 0 Å². The molecule has 0 spiro atoms. The van der Waals surface area contributed by atoms with E-state index in [9.17, 15) is 13.6 Å². The van der Waals surface area contributed by atoms with Crippen LogP contribution in [0, 0.1) is 11.6 Å². The molecule has 5 nitrogen and oxygen atoms in total. The van der Waals surface area contributed by atoms with Crippen molar-refractivity contribution in [2.45, 2.75) is 12.3 Å². The number of hydrogen-bond donors (Lipinski definition) is 2. The Balaban J connectivity index is 1.31. The van der Waals surface area contributed by atoms with Crippen molar-refractivity contribution < 1.29 is 13.6 Å². The fourth-order valence-corrected chi connectivity index (χ4v) is 4.15. The normalized spacial score (nSPS) is 18.9. The lowest BCUT2D eigenvalue weighted by atomic mass is 10.0. The van der Waals surface area contributed by atoms with Crippen molar-refractivity contribution in [3.05, 3.63) is 89.9 Å². The molecule has 2 N–H and O–H groups in total. The number of halogens is 2. The quantitative estimate of drug-likeness (QED) is 0.600. The number of amides is 1. The summed E-state index contributed by atoms with van der Waals surface area (Å²) in [7, 11) is 0. The number of rotatable bonds is 4. The summed E-state index contributed by atoms with van der Waals surface area (Å²) in [5.41, 5.74) is 3.41. The number of benzene rings is 2. The zero-order valence-electron chi connectivity index (χ0n) is 16.6. The maximum atomic E-state index is 14.9. The number of fused-ring (bicyclic) bond motifs is 1. The molecular formula is C24H20F2N4O.